The fourth-order valence-electron chi connectivity index (χ4n) is 0.273. The Morgan fingerprint density at radius 2 is 2.22 bits per heavy atom. The molecule has 0 heterocycles. The Morgan fingerprint density at radius 1 is 1.67 bits per heavy atom. The molecule has 9 heavy (non-hydrogen) atoms. The second-order valence-corrected chi connectivity index (χ2v) is 1.39. The van der Waals surface area contributed by atoms with Crippen LogP contribution in [0.4, 0.5) is 0 Å². The van der Waals surface area contributed by atoms with Gasteiger partial charge in [-0.3, -0.25) is 15.1 Å². The molecule has 0 spiro atoms. The van der Waals surface area contributed by atoms with E-state index in [1.165, 1.54) is 6.92 Å². The van der Waals surface area contributed by atoms with E-state index >= 15 is 0 Å². The van der Waals surface area contributed by atoms with Crippen LogP contribution in [-0.2, 0) is 9.63 Å². The molecule has 1 amide bonds. The van der Waals surface area contributed by atoms with Crippen molar-refractivity contribution in [1.82, 2.24) is 11.0 Å². The first-order chi connectivity index (χ1) is 4.22. The molecule has 0 saturated heterocycles. The SMILES string of the molecule is CC(ONN)C(=O)NN. The summed E-state index contributed by atoms with van der Waals surface area (Å²) in [6, 6.07) is 0. The highest BCUT2D eigenvalue weighted by molar-refractivity contribution is 5.79. The van der Waals surface area contributed by atoms with Gasteiger partial charge < -0.3 is 0 Å². The Morgan fingerprint density at radius 3 is 2.56 bits per heavy atom. The third kappa shape index (κ3) is 2.98. The third-order valence-corrected chi connectivity index (χ3v) is 0.756. The first-order valence-electron chi connectivity index (χ1n) is 2.34. The van der Waals surface area contributed by atoms with E-state index < -0.39 is 12.0 Å². The van der Waals surface area contributed by atoms with Crippen LogP contribution in [0, 0.1) is 0 Å². The Balaban J connectivity index is 3.45. The molecule has 0 rings (SSSR count). The smallest absolute Gasteiger partial charge is 0.264 e. The van der Waals surface area contributed by atoms with Crippen LogP contribution in [0.5, 0.6) is 0 Å². The highest BCUT2D eigenvalue weighted by Crippen LogP contribution is 1.82. The standard InChI is InChI=1S/C3H10N4O2/c1-2(9-7-5)3(8)6-4/h2,7H,4-5H2,1H3,(H,6,8). The average Bonchev–Trinajstić information content (AvgIpc) is 1.87. The Kier molecular flexibility index (Phi) is 3.89. The molecule has 0 aromatic carbocycles. The van der Waals surface area contributed by atoms with Crippen molar-refractivity contribution < 1.29 is 9.63 Å². The number of amides is 1. The second kappa shape index (κ2) is 4.21. The first-order valence-corrected chi connectivity index (χ1v) is 2.34. The van der Waals surface area contributed by atoms with Crippen molar-refractivity contribution in [2.45, 2.75) is 13.0 Å². The van der Waals surface area contributed by atoms with E-state index in [0.717, 1.165) is 0 Å². The summed E-state index contributed by atoms with van der Waals surface area (Å²) in [5.41, 5.74) is 3.76. The van der Waals surface area contributed by atoms with Crippen LogP contribution in [0.1, 0.15) is 6.92 Å². The zero-order valence-electron chi connectivity index (χ0n) is 5.05. The van der Waals surface area contributed by atoms with Gasteiger partial charge in [0.25, 0.3) is 5.91 Å². The summed E-state index contributed by atoms with van der Waals surface area (Å²) >= 11 is 0. The monoisotopic (exact) mass is 134 g/mol. The van der Waals surface area contributed by atoms with Crippen molar-refractivity contribution >= 4 is 5.91 Å². The molecule has 0 radical (unpaired) electrons. The van der Waals surface area contributed by atoms with Gasteiger partial charge in [0, 0.05) is 0 Å². The normalized spacial score (nSPS) is 12.8. The van der Waals surface area contributed by atoms with Gasteiger partial charge in [0.15, 0.2) is 6.10 Å². The Hall–Kier alpha value is -0.690. The molecule has 0 aliphatic heterocycles. The fourth-order valence-corrected chi connectivity index (χ4v) is 0.273. The molecule has 6 N–H and O–H groups in total. The first kappa shape index (κ1) is 8.31. The minimum absolute atomic E-state index is 0.437. The second-order valence-electron chi connectivity index (χ2n) is 1.39. The fraction of sp³-hybridized carbons (Fsp3) is 0.667. The molecular weight excluding hydrogens is 124 g/mol. The maximum atomic E-state index is 10.4. The van der Waals surface area contributed by atoms with Crippen LogP contribution in [0.25, 0.3) is 0 Å². The molecule has 6 heteroatoms. The van der Waals surface area contributed by atoms with E-state index in [2.05, 4.69) is 4.84 Å². The van der Waals surface area contributed by atoms with Gasteiger partial charge in [0.05, 0.1) is 0 Å². The highest BCUT2D eigenvalue weighted by atomic mass is 16.7. The number of rotatable bonds is 3. The van der Waals surface area contributed by atoms with Gasteiger partial charge in [-0.05, 0) is 6.92 Å². The predicted molar refractivity (Wildman–Crippen MR) is 30.2 cm³/mol. The van der Waals surface area contributed by atoms with Crippen LogP contribution >= 0.6 is 0 Å². The van der Waals surface area contributed by atoms with Crippen LogP contribution in [0.3, 0.4) is 0 Å². The van der Waals surface area contributed by atoms with Crippen LogP contribution < -0.4 is 22.7 Å². The van der Waals surface area contributed by atoms with Gasteiger partial charge in [0.1, 0.15) is 0 Å². The third-order valence-electron chi connectivity index (χ3n) is 0.756. The quantitative estimate of drug-likeness (QED) is 0.198. The van der Waals surface area contributed by atoms with E-state index in [1.807, 2.05) is 11.0 Å². The van der Waals surface area contributed by atoms with Crippen molar-refractivity contribution in [3.05, 3.63) is 0 Å². The molecule has 0 aliphatic carbocycles. The molecule has 54 valence electrons. The van der Waals surface area contributed by atoms with Crippen molar-refractivity contribution in [2.24, 2.45) is 11.7 Å². The van der Waals surface area contributed by atoms with E-state index in [-0.39, 0.29) is 0 Å². The molecule has 0 aliphatic rings. The number of hydrogen-bond acceptors (Lipinski definition) is 5. The van der Waals surface area contributed by atoms with E-state index in [1.54, 1.807) is 0 Å². The van der Waals surface area contributed by atoms with Gasteiger partial charge in [-0.15, -0.1) is 5.59 Å². The van der Waals surface area contributed by atoms with Gasteiger partial charge in [-0.25, -0.2) is 11.7 Å². The molecule has 0 fully saturated rings. The van der Waals surface area contributed by atoms with Crippen molar-refractivity contribution in [1.29, 1.82) is 0 Å². The zero-order valence-corrected chi connectivity index (χ0v) is 5.05. The lowest BCUT2D eigenvalue weighted by Crippen LogP contribution is -2.42. The summed E-state index contributed by atoms with van der Waals surface area (Å²) in [6.45, 7) is 1.50. The number of hydrazine groups is 2. The van der Waals surface area contributed by atoms with Crippen molar-refractivity contribution in [2.75, 3.05) is 0 Å². The number of nitrogens with two attached hydrogens (primary N) is 2. The van der Waals surface area contributed by atoms with Crippen LogP contribution in [0.2, 0.25) is 0 Å². The van der Waals surface area contributed by atoms with E-state index in [4.69, 9.17) is 11.7 Å². The summed E-state index contributed by atoms with van der Waals surface area (Å²) < 4.78 is 0. The zero-order chi connectivity index (χ0) is 7.28. The van der Waals surface area contributed by atoms with Gasteiger partial charge in [-0.1, -0.05) is 0 Å². The number of nitrogens with one attached hydrogen (secondary N) is 2. The molecule has 0 aromatic heterocycles. The minimum atomic E-state index is -0.681. The number of carbonyl (C=O) groups is 1. The average molecular weight is 134 g/mol. The molecule has 0 bridgehead atoms. The summed E-state index contributed by atoms with van der Waals surface area (Å²) in [4.78, 5) is 14.9. The van der Waals surface area contributed by atoms with Crippen LogP contribution in [-0.4, -0.2) is 12.0 Å². The Labute approximate surface area is 52.4 Å². The number of carbonyl (C=O) groups excluding carboxylic acids is 1. The summed E-state index contributed by atoms with van der Waals surface area (Å²) in [7, 11) is 0. The lowest BCUT2D eigenvalue weighted by atomic mass is 10.4. The predicted octanol–water partition coefficient (Wildman–Crippen LogP) is -2.24. The maximum Gasteiger partial charge on any atom is 0.264 e. The summed E-state index contributed by atoms with van der Waals surface area (Å²) in [5, 5.41) is 0. The molecule has 6 nitrogen and oxygen atoms in total. The van der Waals surface area contributed by atoms with Gasteiger partial charge in [0.2, 0.25) is 0 Å². The largest absolute Gasteiger partial charge is 0.292 e. The maximum absolute atomic E-state index is 10.4. The lowest BCUT2D eigenvalue weighted by molar-refractivity contribution is -0.136. The molecule has 1 unspecified atom stereocenters. The topological polar surface area (TPSA) is 102 Å². The highest BCUT2D eigenvalue weighted by Gasteiger charge is 2.09. The number of hydrogen-bond donors (Lipinski definition) is 4. The minimum Gasteiger partial charge on any atom is -0.292 e. The summed E-state index contributed by atoms with van der Waals surface area (Å²) in [5.74, 6) is 9.05. The van der Waals surface area contributed by atoms with Gasteiger partial charge >= 0.3 is 0 Å². The van der Waals surface area contributed by atoms with E-state index in [0.29, 0.717) is 0 Å². The molecule has 0 aromatic rings. The lowest BCUT2D eigenvalue weighted by Gasteiger charge is -2.07. The summed E-state index contributed by atoms with van der Waals surface area (Å²) in [6.07, 6.45) is -0.681. The van der Waals surface area contributed by atoms with Gasteiger partial charge in [-0.2, -0.15) is 0 Å². The molecule has 0 saturated carbocycles. The van der Waals surface area contributed by atoms with Crippen molar-refractivity contribution in [3.63, 3.8) is 0 Å². The molecular formula is C3H10N4O2. The molecule has 1 atom stereocenters. The van der Waals surface area contributed by atoms with E-state index in [9.17, 15) is 4.79 Å². The van der Waals surface area contributed by atoms with Crippen LogP contribution in [0.15, 0.2) is 0 Å². The Bertz CT molecular complexity index is 95.8. The van der Waals surface area contributed by atoms with Crippen molar-refractivity contribution in [3.8, 4) is 0 Å².